The fraction of sp³-hybridized carbons (Fsp3) is 0.412. The van der Waals surface area contributed by atoms with Crippen molar-refractivity contribution in [3.63, 3.8) is 0 Å². The average molecular weight is 321 g/mol. The van der Waals surface area contributed by atoms with Gasteiger partial charge in [-0.3, -0.25) is 9.78 Å². The maximum Gasteiger partial charge on any atom is 0.275 e. The SMILES string of the molecule is CC.CC.C\C=C/C=c1\c(=C/C)[nH]c2c(=O)[nH]c(SC)nc12. The fourth-order valence-electron chi connectivity index (χ4n) is 1.78. The van der Waals surface area contributed by atoms with Crippen LogP contribution in [0.5, 0.6) is 0 Å². The molecule has 0 saturated heterocycles. The number of rotatable bonds is 2. The molecule has 2 heterocycles. The predicted molar refractivity (Wildman–Crippen MR) is 99.9 cm³/mol. The first-order chi connectivity index (χ1) is 10.7. The molecule has 0 aliphatic heterocycles. The van der Waals surface area contributed by atoms with Crippen LogP contribution in [0.1, 0.15) is 41.5 Å². The Morgan fingerprint density at radius 1 is 1.09 bits per heavy atom. The van der Waals surface area contributed by atoms with Crippen LogP contribution in [0.2, 0.25) is 0 Å². The van der Waals surface area contributed by atoms with Crippen molar-refractivity contribution in [1.82, 2.24) is 15.0 Å². The first kappa shape index (κ1) is 20.2. The zero-order valence-electron chi connectivity index (χ0n) is 14.6. The third-order valence-corrected chi connectivity index (χ3v) is 3.22. The number of aromatic nitrogens is 3. The van der Waals surface area contributed by atoms with E-state index in [0.717, 1.165) is 10.6 Å². The summed E-state index contributed by atoms with van der Waals surface area (Å²) in [6.45, 7) is 11.9. The third kappa shape index (κ3) is 4.63. The maximum atomic E-state index is 11.9. The highest BCUT2D eigenvalue weighted by atomic mass is 32.2. The molecule has 0 unspecified atom stereocenters. The molecular weight excluding hydrogens is 294 g/mol. The number of thioether (sulfide) groups is 1. The number of hydrogen-bond acceptors (Lipinski definition) is 3. The van der Waals surface area contributed by atoms with Gasteiger partial charge in [0.2, 0.25) is 0 Å². The van der Waals surface area contributed by atoms with Crippen LogP contribution in [0.15, 0.2) is 22.1 Å². The van der Waals surface area contributed by atoms with Crippen LogP contribution in [-0.2, 0) is 0 Å². The van der Waals surface area contributed by atoms with E-state index in [-0.39, 0.29) is 5.56 Å². The van der Waals surface area contributed by atoms with E-state index < -0.39 is 0 Å². The van der Waals surface area contributed by atoms with Crippen LogP contribution < -0.4 is 16.1 Å². The molecule has 2 N–H and O–H groups in total. The number of fused-ring (bicyclic) bond motifs is 1. The number of H-pyrrole nitrogens is 2. The van der Waals surface area contributed by atoms with Crippen molar-refractivity contribution in [3.8, 4) is 0 Å². The first-order valence-electron chi connectivity index (χ1n) is 7.66. The van der Waals surface area contributed by atoms with Crippen LogP contribution in [0.3, 0.4) is 0 Å². The van der Waals surface area contributed by atoms with Gasteiger partial charge >= 0.3 is 0 Å². The minimum absolute atomic E-state index is 0.132. The topological polar surface area (TPSA) is 61.5 Å². The van der Waals surface area contributed by atoms with E-state index in [2.05, 4.69) is 15.0 Å². The largest absolute Gasteiger partial charge is 0.349 e. The van der Waals surface area contributed by atoms with E-state index in [0.29, 0.717) is 16.2 Å². The van der Waals surface area contributed by atoms with Crippen molar-refractivity contribution in [2.45, 2.75) is 46.7 Å². The molecule has 2 aromatic rings. The molecule has 0 aliphatic rings. The van der Waals surface area contributed by atoms with Crippen LogP contribution in [-0.4, -0.2) is 21.2 Å². The normalized spacial score (nSPS) is 12.1. The molecule has 0 saturated carbocycles. The molecule has 2 aromatic heterocycles. The molecule has 0 radical (unpaired) electrons. The van der Waals surface area contributed by atoms with E-state index in [1.807, 2.05) is 72.1 Å². The monoisotopic (exact) mass is 321 g/mol. The molecule has 122 valence electrons. The van der Waals surface area contributed by atoms with Crippen molar-refractivity contribution in [1.29, 1.82) is 0 Å². The van der Waals surface area contributed by atoms with Crippen LogP contribution in [0.4, 0.5) is 0 Å². The molecule has 0 bridgehead atoms. The van der Waals surface area contributed by atoms with Gasteiger partial charge in [0.15, 0.2) is 5.16 Å². The van der Waals surface area contributed by atoms with Gasteiger partial charge in [-0.15, -0.1) is 0 Å². The zero-order chi connectivity index (χ0) is 17.1. The van der Waals surface area contributed by atoms with Gasteiger partial charge in [0.05, 0.1) is 0 Å². The molecule has 0 spiro atoms. The predicted octanol–water partition coefficient (Wildman–Crippen LogP) is 3.18. The van der Waals surface area contributed by atoms with Gasteiger partial charge in [-0.25, -0.2) is 4.98 Å². The highest BCUT2D eigenvalue weighted by Crippen LogP contribution is 2.07. The molecule has 0 aliphatic carbocycles. The van der Waals surface area contributed by atoms with E-state index in [1.165, 1.54) is 11.8 Å². The lowest BCUT2D eigenvalue weighted by molar-refractivity contribution is 0.974. The average Bonchev–Trinajstić information content (AvgIpc) is 2.94. The van der Waals surface area contributed by atoms with Gasteiger partial charge in [-0.05, 0) is 20.1 Å². The molecule has 0 amide bonds. The summed E-state index contributed by atoms with van der Waals surface area (Å²) in [4.78, 5) is 22.2. The summed E-state index contributed by atoms with van der Waals surface area (Å²) in [6.07, 6.45) is 9.68. The van der Waals surface area contributed by atoms with Gasteiger partial charge in [0.1, 0.15) is 11.0 Å². The van der Waals surface area contributed by atoms with Crippen molar-refractivity contribution >= 4 is 34.9 Å². The second kappa shape index (κ2) is 10.9. The summed E-state index contributed by atoms with van der Waals surface area (Å²) in [5.41, 5.74) is 1.11. The molecule has 0 fully saturated rings. The Bertz CT molecular complexity index is 770. The molecule has 4 nitrogen and oxygen atoms in total. The highest BCUT2D eigenvalue weighted by molar-refractivity contribution is 7.98. The minimum Gasteiger partial charge on any atom is -0.349 e. The van der Waals surface area contributed by atoms with Gasteiger partial charge in [-0.2, -0.15) is 0 Å². The second-order valence-electron chi connectivity index (χ2n) is 3.73. The van der Waals surface area contributed by atoms with Crippen molar-refractivity contribution in [2.24, 2.45) is 0 Å². The van der Waals surface area contributed by atoms with E-state index >= 15 is 0 Å². The number of nitrogens with zero attached hydrogens (tertiary/aromatic N) is 1. The molecule has 0 aromatic carbocycles. The minimum atomic E-state index is -0.132. The Hall–Kier alpha value is -1.75. The lowest BCUT2D eigenvalue weighted by Gasteiger charge is -1.94. The Morgan fingerprint density at radius 3 is 2.23 bits per heavy atom. The van der Waals surface area contributed by atoms with E-state index in [1.54, 1.807) is 0 Å². The standard InChI is InChI=1S/C13H15N3OS.2C2H6/c1-4-6-7-8-9(5-2)14-11-10(8)15-13(18-3)16-12(11)17;2*1-2/h4-7,14H,1-3H3,(H,15,16,17);2*1-2H3/b6-4-,8-7+,9-5+;;. The molecule has 5 heteroatoms. The van der Waals surface area contributed by atoms with Crippen LogP contribution in [0, 0.1) is 0 Å². The summed E-state index contributed by atoms with van der Waals surface area (Å²) in [6, 6.07) is 0. The van der Waals surface area contributed by atoms with Crippen LogP contribution in [0.25, 0.3) is 23.2 Å². The van der Waals surface area contributed by atoms with E-state index in [4.69, 9.17) is 0 Å². The second-order valence-corrected chi connectivity index (χ2v) is 4.53. The Morgan fingerprint density at radius 2 is 1.73 bits per heavy atom. The number of aromatic amines is 2. The first-order valence-corrected chi connectivity index (χ1v) is 8.89. The summed E-state index contributed by atoms with van der Waals surface area (Å²) >= 11 is 1.42. The lowest BCUT2D eigenvalue weighted by atomic mass is 10.3. The summed E-state index contributed by atoms with van der Waals surface area (Å²) in [7, 11) is 0. The molecule has 2 rings (SSSR count). The molecular formula is C17H27N3OS. The number of nitrogens with one attached hydrogen (secondary N) is 2. The van der Waals surface area contributed by atoms with Gasteiger partial charge in [0, 0.05) is 10.6 Å². The van der Waals surface area contributed by atoms with Crippen molar-refractivity contribution in [3.05, 3.63) is 33.1 Å². The molecule has 0 atom stereocenters. The highest BCUT2D eigenvalue weighted by Gasteiger charge is 2.07. The van der Waals surface area contributed by atoms with Gasteiger partial charge in [0.25, 0.3) is 5.56 Å². The zero-order valence-corrected chi connectivity index (χ0v) is 15.4. The number of allylic oxidation sites excluding steroid dienone is 2. The van der Waals surface area contributed by atoms with Crippen LogP contribution >= 0.6 is 11.8 Å². The Kier molecular flexibility index (Phi) is 10.0. The smallest absolute Gasteiger partial charge is 0.275 e. The summed E-state index contributed by atoms with van der Waals surface area (Å²) in [5, 5.41) is 2.50. The van der Waals surface area contributed by atoms with E-state index in [9.17, 15) is 4.79 Å². The van der Waals surface area contributed by atoms with Crippen molar-refractivity contribution < 1.29 is 0 Å². The third-order valence-electron chi connectivity index (χ3n) is 2.64. The fourth-order valence-corrected chi connectivity index (χ4v) is 2.16. The lowest BCUT2D eigenvalue weighted by Crippen LogP contribution is -2.22. The maximum absolute atomic E-state index is 11.9. The Balaban J connectivity index is 0.00000102. The summed E-state index contributed by atoms with van der Waals surface area (Å²) < 4.78 is 0. The number of hydrogen-bond donors (Lipinski definition) is 2. The van der Waals surface area contributed by atoms with Gasteiger partial charge in [-0.1, -0.05) is 63.8 Å². The van der Waals surface area contributed by atoms with Crippen molar-refractivity contribution in [2.75, 3.05) is 6.26 Å². The molecule has 22 heavy (non-hydrogen) atoms. The summed E-state index contributed by atoms with van der Waals surface area (Å²) in [5.74, 6) is 0. The Labute approximate surface area is 136 Å². The van der Waals surface area contributed by atoms with Gasteiger partial charge < -0.3 is 4.98 Å². The quantitative estimate of drug-likeness (QED) is 0.659.